The first-order valence-corrected chi connectivity index (χ1v) is 53.2. The van der Waals surface area contributed by atoms with Crippen molar-refractivity contribution in [3.05, 3.63) is 240 Å². The molecule has 8 aliphatic carbocycles. The molecule has 0 spiro atoms. The van der Waals surface area contributed by atoms with Crippen LogP contribution in [0.1, 0.15) is 277 Å². The zero-order valence-corrected chi connectivity index (χ0v) is 85.9. The highest BCUT2D eigenvalue weighted by Gasteiger charge is 2.53. The second-order valence-electron chi connectivity index (χ2n) is 37.9. The molecule has 7 atom stereocenters. The van der Waals surface area contributed by atoms with Crippen molar-refractivity contribution in [2.45, 2.75) is 277 Å². The number of alkyl halides is 4. The summed E-state index contributed by atoms with van der Waals surface area (Å²) in [7, 11) is -5.73. The molecular weight excluding hydrogens is 1990 g/mol. The second-order valence-corrected chi connectivity index (χ2v) is 42.9. The average molecular weight is 2120 g/mol. The number of non-ortho nitro benzene ring substituents is 1. The monoisotopic (exact) mass is 2120 g/mol. The van der Waals surface area contributed by atoms with Crippen LogP contribution in [0.15, 0.2) is 176 Å². The molecule has 4 saturated carbocycles. The Bertz CT molecular complexity index is 5850. The van der Waals surface area contributed by atoms with Crippen molar-refractivity contribution in [1.29, 1.82) is 0 Å². The summed E-state index contributed by atoms with van der Waals surface area (Å²) in [5.41, 5.74) is 12.8. The van der Waals surface area contributed by atoms with Crippen molar-refractivity contribution in [2.24, 2.45) is 44.4 Å². The molecule has 3 aliphatic heterocycles. The lowest BCUT2D eigenvalue weighted by Gasteiger charge is -2.37. The minimum atomic E-state index is -5.73. The molecule has 0 aromatic heterocycles. The van der Waals surface area contributed by atoms with E-state index in [-0.39, 0.29) is 147 Å². The zero-order valence-electron chi connectivity index (χ0n) is 81.9. The smallest absolute Gasteiger partial charge is 0.465 e. The number of nitrogens with zero attached hydrogens (tertiary/aromatic N) is 4. The number of nitro benzene ring substituents is 1. The molecule has 6 aromatic rings. The maximum atomic E-state index is 14.7. The summed E-state index contributed by atoms with van der Waals surface area (Å²) < 4.78 is 171. The van der Waals surface area contributed by atoms with Crippen LogP contribution in [-0.4, -0.2) is 136 Å². The van der Waals surface area contributed by atoms with E-state index in [4.69, 9.17) is 57.1 Å². The number of aliphatic imine (C=N–C) groups is 3. The Morgan fingerprint density at radius 1 is 0.497 bits per heavy atom. The number of hydrogen-bond acceptors (Lipinski definition) is 25. The maximum Gasteiger partial charge on any atom is 0.534 e. The van der Waals surface area contributed by atoms with Crippen LogP contribution in [-0.2, 0) is 83.4 Å². The van der Waals surface area contributed by atoms with Crippen molar-refractivity contribution < 1.29 is 115 Å². The summed E-state index contributed by atoms with van der Waals surface area (Å²) in [6, 6.07) is 35.6. The molecule has 4 fully saturated rings. The number of nitro groups is 1. The van der Waals surface area contributed by atoms with Crippen molar-refractivity contribution in [3.63, 3.8) is 0 Å². The summed E-state index contributed by atoms with van der Waals surface area (Å²) in [5, 5.41) is 22.2. The van der Waals surface area contributed by atoms with Gasteiger partial charge in [-0.2, -0.15) is 21.6 Å². The number of amidine groups is 1. The number of thioether (sulfide) groups is 3. The number of benzene rings is 6. The van der Waals surface area contributed by atoms with Crippen LogP contribution < -0.4 is 11.5 Å². The van der Waals surface area contributed by atoms with Crippen LogP contribution in [0.3, 0.4) is 0 Å². The van der Waals surface area contributed by atoms with Crippen LogP contribution in [0, 0.1) is 68.7 Å². The number of carbonyl (C=O) groups is 6. The molecule has 145 heavy (non-hydrogen) atoms. The Kier molecular flexibility index (Phi) is 45.2. The number of hydrogen-bond donors (Lipinski definition) is 3. The van der Waals surface area contributed by atoms with Crippen LogP contribution >= 0.6 is 46.9 Å². The first-order chi connectivity index (χ1) is 67.8. The van der Waals surface area contributed by atoms with E-state index in [1.807, 2.05) is 51.1 Å². The number of carbonyl (C=O) groups excluding carboxylic acids is 6. The predicted octanol–water partition coefficient (Wildman–Crippen LogP) is 25.9. The Morgan fingerprint density at radius 2 is 0.910 bits per heavy atom. The summed E-state index contributed by atoms with van der Waals surface area (Å²) >= 11 is 10.5. The Morgan fingerprint density at radius 3 is 1.37 bits per heavy atom. The van der Waals surface area contributed by atoms with Gasteiger partial charge in [0.25, 0.3) is 5.69 Å². The molecule has 6 aromatic carbocycles. The van der Waals surface area contributed by atoms with Crippen LogP contribution in [0.2, 0.25) is 0 Å². The van der Waals surface area contributed by atoms with Crippen molar-refractivity contribution in [3.8, 4) is 0 Å². The fourth-order valence-corrected chi connectivity index (χ4v) is 24.0. The molecule has 11 aliphatic rings. The number of ether oxygens (including phenoxy) is 5. The molecule has 0 radical (unpaired) electrons. The predicted molar refractivity (Wildman–Crippen MR) is 554 cm³/mol. The van der Waals surface area contributed by atoms with Gasteiger partial charge >= 0.3 is 45.5 Å². The van der Waals surface area contributed by atoms with Gasteiger partial charge in [0.2, 0.25) is 0 Å². The molecule has 0 bridgehead atoms. The molecule has 0 saturated heterocycles. The van der Waals surface area contributed by atoms with Gasteiger partial charge in [-0.1, -0.05) is 124 Å². The first-order valence-electron chi connectivity index (χ1n) is 48.3. The molecule has 3 heterocycles. The SMILES string of the molecule is C.C.CC(C)(C)OC(=O)CC1=N[C@@]2(c3cc(N)ccc3F)CCC[C@H]2CS1.CC(C)(C)OC(=O)CC1=N[C@@]2(c3cc([N+](=O)[O-])ccc3F)CCC[C@H]2CS1.CCOC(=O)C1=C(OS(=O)(=O)C(F)(F)F)CCC1.CCOC(=O)C1=C(c2ccccc2F)CCC1.CCOC(=O)C1CCCC1=O.Fc1ccccc1C1=C(CCl)CCC1.NC1=N[C@@]2(c3ccccc3F)CCC[C@H]2CS1.OCC1=C(c2ccccc2F)CCC1. The summed E-state index contributed by atoms with van der Waals surface area (Å²) in [6.07, 6.45) is 19.2. The van der Waals surface area contributed by atoms with E-state index in [0.717, 1.165) is 165 Å². The molecule has 23 nitrogen and oxygen atoms in total. The van der Waals surface area contributed by atoms with Crippen LogP contribution in [0.5, 0.6) is 0 Å². The number of nitrogen functional groups attached to an aromatic ring is 1. The van der Waals surface area contributed by atoms with E-state index in [9.17, 15) is 86.8 Å². The van der Waals surface area contributed by atoms with Crippen molar-refractivity contribution in [2.75, 3.05) is 55.3 Å². The van der Waals surface area contributed by atoms with E-state index in [2.05, 4.69) is 13.9 Å². The van der Waals surface area contributed by atoms with Gasteiger partial charge in [0.1, 0.15) is 63.6 Å². The van der Waals surface area contributed by atoms with Gasteiger partial charge in [0, 0.05) is 92.8 Å². The number of aliphatic hydroxyl groups excluding tert-OH is 1. The van der Waals surface area contributed by atoms with Gasteiger partial charge in [0.15, 0.2) is 5.17 Å². The number of Topliss-reactive ketones (excluding diaryl/α,β-unsaturated/α-hetero) is 1. The van der Waals surface area contributed by atoms with E-state index >= 15 is 0 Å². The highest BCUT2D eigenvalue weighted by atomic mass is 35.5. The van der Waals surface area contributed by atoms with Crippen LogP contribution in [0.25, 0.3) is 16.7 Å². The molecule has 5 N–H and O–H groups in total. The van der Waals surface area contributed by atoms with Crippen molar-refractivity contribution in [1.82, 2.24) is 0 Å². The normalized spacial score (nSPS) is 21.7. The van der Waals surface area contributed by atoms with Gasteiger partial charge in [-0.05, 0) is 273 Å². The lowest BCUT2D eigenvalue weighted by molar-refractivity contribution is -0.385. The highest BCUT2D eigenvalue weighted by molar-refractivity contribution is 8.14. The summed E-state index contributed by atoms with van der Waals surface area (Å²) in [5.74, 6) is -0.686. The average Bonchev–Trinajstić information content (AvgIpc) is 1.61. The van der Waals surface area contributed by atoms with Gasteiger partial charge in [0.05, 0.1) is 76.5 Å². The Labute approximate surface area is 862 Å². The largest absolute Gasteiger partial charge is 0.534 e. The number of esters is 5. The fraction of sp³-hybridized carbons (Fsp3) is 0.509. The molecule has 17 rings (SSSR count). The summed E-state index contributed by atoms with van der Waals surface area (Å²) in [4.78, 5) is 94.4. The lowest BCUT2D eigenvalue weighted by Crippen LogP contribution is -2.37. The molecule has 37 heteroatoms. The third kappa shape index (κ3) is 31.9. The molecule has 1 unspecified atom stereocenters. The molecular formula is C108H134ClF9N6O17S4. The van der Waals surface area contributed by atoms with Gasteiger partial charge in [-0.15, -0.1) is 35.1 Å². The Balaban J connectivity index is 0.000000205. The van der Waals surface area contributed by atoms with Gasteiger partial charge < -0.3 is 44.4 Å². The van der Waals surface area contributed by atoms with Gasteiger partial charge in [-0.25, -0.2) is 35.9 Å². The molecule has 0 amide bonds. The summed E-state index contributed by atoms with van der Waals surface area (Å²) in [6.45, 7) is 16.8. The topological polar surface area (TPSA) is 344 Å². The number of nitrogens with two attached hydrogens (primary N) is 2. The minimum absolute atomic E-state index is 0. The van der Waals surface area contributed by atoms with E-state index in [1.54, 1.807) is 113 Å². The lowest BCUT2D eigenvalue weighted by atomic mass is 9.81. The standard InChI is InChI=1S/C19H23FN2O4S.C19H25FN2O2S.C14H15FO2.C13H15FN2S.C12H12ClF.C12H13FO.C9H11F3O5S.C8H12O3.2CH4/c1-18(2,3)26-17(23)10-16-21-19(8-4-5-12(19)11-27-16)14-9-13(22(24)25)6-7-15(14)20;1-18(2,3)24-17(23)10-16-22-19(8-4-5-12(19)11-25-16)14-9-13(21)6-7-15(14)20;1-2-17-14(16)12-8-5-7-10(12)11-6-3-4-9-13(11)15;14-11-6-2-1-5-10(11)13-7-3-4-9(13)8-17-12(15)16-13;13-8-9-4-3-6-10(9)11-5-1-2-7-12(11)14;13-12-7-2-1-5-11(12)10-6-3-4-9(10)8-14;1-2-16-8(13)6-4-3-5-7(6)17-18(14,15)9(10,11)12;1-2-11-8(10)6-4-3-5-7(6)9;;/h6-7,9,12H,4-5,8,10-11H2,1-3H3;6-7,9,12H,4-5,8,10-11,21H2,1-3H3;3-4,6,9H,2,5,7-8H2,1H3;1-2,5-6,9H,3-4,7-8H2,(H2,15,16);1-2,5,7H,3-4,6,8H2;1-2,5,7,14H,3-4,6,8H2;2-5H2,1H3;6H,2-5H2,1H3;2*1H4/t2*12-,19-;;9-,13-;;;;;;/m00.0....../s1. The number of halogens is 10. The van der Waals surface area contributed by atoms with Crippen LogP contribution in [0.4, 0.5) is 50.9 Å². The third-order valence-electron chi connectivity index (χ3n) is 25.9. The first kappa shape index (κ1) is 120. The second kappa shape index (κ2) is 54.6. The highest BCUT2D eigenvalue weighted by Crippen LogP contribution is 2.56. The van der Waals surface area contributed by atoms with E-state index < -0.39 is 66.3 Å². The van der Waals surface area contributed by atoms with Crippen molar-refractivity contribution >= 4 is 136 Å². The Hall–Kier alpha value is -10.3. The number of ketones is 1. The third-order valence-corrected chi connectivity index (χ3v) is 30.5. The molecule has 792 valence electrons. The maximum absolute atomic E-state index is 14.7. The number of allylic oxidation sites excluding steroid dienone is 5. The van der Waals surface area contributed by atoms with E-state index in [0.29, 0.717) is 101 Å². The number of rotatable bonds is 21. The quantitative estimate of drug-likeness (QED) is 0.00576. The van der Waals surface area contributed by atoms with Gasteiger partial charge in [-0.3, -0.25) is 44.3 Å². The zero-order chi connectivity index (χ0) is 104. The number of fused-ring (bicyclic) bond motifs is 3. The fourth-order valence-electron chi connectivity index (χ4n) is 19.6. The minimum Gasteiger partial charge on any atom is -0.465 e. The van der Waals surface area contributed by atoms with E-state index in [1.165, 1.54) is 66.7 Å². The number of anilines is 1. The number of aliphatic hydroxyl groups is 1.